The van der Waals surface area contributed by atoms with Crippen LogP contribution in [0.1, 0.15) is 22.8 Å². The lowest BCUT2D eigenvalue weighted by Gasteiger charge is -2.12. The smallest absolute Gasteiger partial charge is 0.261 e. The third kappa shape index (κ3) is 6.68. The Labute approximate surface area is 215 Å². The lowest BCUT2D eigenvalue weighted by Crippen LogP contribution is -2.14. The fraction of sp³-hybridized carbons (Fsp3) is 0.107. The standard InChI is InChI=1S/C28H26N2O4S2/c1-2-34-24-16-12-23(13-17-24)30-36(32,33)25-18-14-22(15-19-25)29-28(31)26-10-6-7-11-27(26)35-20-21-8-4-3-5-9-21/h3-19,30H,2,20H2,1H3,(H,29,31). The molecule has 4 aromatic carbocycles. The van der Waals surface area contributed by atoms with E-state index in [4.69, 9.17) is 4.74 Å². The number of sulfonamides is 1. The highest BCUT2D eigenvalue weighted by atomic mass is 32.2. The van der Waals surface area contributed by atoms with Crippen LogP contribution in [0.15, 0.2) is 113 Å². The maximum absolute atomic E-state index is 13.0. The minimum atomic E-state index is -3.78. The summed E-state index contributed by atoms with van der Waals surface area (Å²) in [5.74, 6) is 1.16. The van der Waals surface area contributed by atoms with Gasteiger partial charge < -0.3 is 10.1 Å². The van der Waals surface area contributed by atoms with E-state index in [1.807, 2.05) is 43.3 Å². The van der Waals surface area contributed by atoms with E-state index in [2.05, 4.69) is 22.2 Å². The third-order valence-corrected chi connectivity index (χ3v) is 7.75. The number of ether oxygens (including phenoxy) is 1. The van der Waals surface area contributed by atoms with Gasteiger partial charge in [-0.1, -0.05) is 42.5 Å². The molecule has 2 N–H and O–H groups in total. The molecule has 184 valence electrons. The van der Waals surface area contributed by atoms with Crippen molar-refractivity contribution in [2.45, 2.75) is 22.5 Å². The minimum absolute atomic E-state index is 0.0909. The van der Waals surface area contributed by atoms with Crippen LogP contribution in [-0.4, -0.2) is 20.9 Å². The van der Waals surface area contributed by atoms with Gasteiger partial charge in [-0.15, -0.1) is 11.8 Å². The highest BCUT2D eigenvalue weighted by molar-refractivity contribution is 7.98. The number of nitrogens with one attached hydrogen (secondary N) is 2. The number of anilines is 2. The average Bonchev–Trinajstić information content (AvgIpc) is 2.90. The number of rotatable bonds is 10. The molecule has 0 aliphatic rings. The number of amides is 1. The summed E-state index contributed by atoms with van der Waals surface area (Å²) in [7, 11) is -3.78. The van der Waals surface area contributed by atoms with Crippen molar-refractivity contribution in [1.29, 1.82) is 0 Å². The molecule has 0 bridgehead atoms. The molecule has 0 saturated heterocycles. The van der Waals surface area contributed by atoms with Gasteiger partial charge in [0.15, 0.2) is 0 Å². The van der Waals surface area contributed by atoms with Crippen LogP contribution in [-0.2, 0) is 15.8 Å². The van der Waals surface area contributed by atoms with Crippen LogP contribution in [0, 0.1) is 0 Å². The summed E-state index contributed by atoms with van der Waals surface area (Å²) in [6.07, 6.45) is 0. The normalized spacial score (nSPS) is 11.0. The molecule has 4 aromatic rings. The topological polar surface area (TPSA) is 84.5 Å². The van der Waals surface area contributed by atoms with Crippen molar-refractivity contribution in [2.24, 2.45) is 0 Å². The molecule has 0 fully saturated rings. The summed E-state index contributed by atoms with van der Waals surface area (Å²) in [6.45, 7) is 2.42. The van der Waals surface area contributed by atoms with Gasteiger partial charge in [-0.25, -0.2) is 8.42 Å². The minimum Gasteiger partial charge on any atom is -0.494 e. The number of benzene rings is 4. The Morgan fingerprint density at radius 3 is 2.14 bits per heavy atom. The number of hydrogen-bond donors (Lipinski definition) is 2. The molecule has 0 aliphatic carbocycles. The average molecular weight is 519 g/mol. The van der Waals surface area contributed by atoms with Crippen molar-refractivity contribution in [3.63, 3.8) is 0 Å². The highest BCUT2D eigenvalue weighted by Crippen LogP contribution is 2.27. The zero-order chi connectivity index (χ0) is 25.4. The van der Waals surface area contributed by atoms with E-state index in [9.17, 15) is 13.2 Å². The molecule has 0 unspecified atom stereocenters. The maximum atomic E-state index is 13.0. The molecular formula is C28H26N2O4S2. The predicted octanol–water partition coefficient (Wildman–Crippen LogP) is 6.43. The second kappa shape index (κ2) is 11.8. The van der Waals surface area contributed by atoms with Crippen LogP contribution in [0.4, 0.5) is 11.4 Å². The Morgan fingerprint density at radius 1 is 0.806 bits per heavy atom. The first-order chi connectivity index (χ1) is 17.4. The van der Waals surface area contributed by atoms with Gasteiger partial charge in [-0.2, -0.15) is 0 Å². The molecule has 0 atom stereocenters. The molecular weight excluding hydrogens is 492 g/mol. The molecule has 0 radical (unpaired) electrons. The molecule has 8 heteroatoms. The molecule has 6 nitrogen and oxygen atoms in total. The van der Waals surface area contributed by atoms with Crippen molar-refractivity contribution < 1.29 is 17.9 Å². The summed E-state index contributed by atoms with van der Waals surface area (Å²) in [5, 5.41) is 2.86. The predicted molar refractivity (Wildman–Crippen MR) is 145 cm³/mol. The van der Waals surface area contributed by atoms with Crippen LogP contribution in [0.25, 0.3) is 0 Å². The molecule has 0 aliphatic heterocycles. The van der Waals surface area contributed by atoms with Crippen LogP contribution < -0.4 is 14.8 Å². The monoisotopic (exact) mass is 518 g/mol. The van der Waals surface area contributed by atoms with E-state index in [0.29, 0.717) is 29.3 Å². The van der Waals surface area contributed by atoms with Crippen LogP contribution in [0.2, 0.25) is 0 Å². The molecule has 1 amide bonds. The van der Waals surface area contributed by atoms with E-state index in [1.54, 1.807) is 54.2 Å². The van der Waals surface area contributed by atoms with Crippen molar-refractivity contribution >= 4 is 39.1 Å². The molecule has 36 heavy (non-hydrogen) atoms. The van der Waals surface area contributed by atoms with Gasteiger partial charge in [0.05, 0.1) is 17.1 Å². The first-order valence-electron chi connectivity index (χ1n) is 11.4. The van der Waals surface area contributed by atoms with Gasteiger partial charge in [0.2, 0.25) is 0 Å². The van der Waals surface area contributed by atoms with Crippen molar-refractivity contribution in [3.05, 3.63) is 114 Å². The fourth-order valence-electron chi connectivity index (χ4n) is 3.43. The van der Waals surface area contributed by atoms with Crippen molar-refractivity contribution in [1.82, 2.24) is 0 Å². The molecule has 0 spiro atoms. The highest BCUT2D eigenvalue weighted by Gasteiger charge is 2.16. The number of thioether (sulfide) groups is 1. The van der Waals surface area contributed by atoms with E-state index < -0.39 is 10.0 Å². The van der Waals surface area contributed by atoms with Crippen LogP contribution >= 0.6 is 11.8 Å². The Balaban J connectivity index is 1.41. The van der Waals surface area contributed by atoms with Gasteiger partial charge in [0, 0.05) is 22.0 Å². The van der Waals surface area contributed by atoms with Gasteiger partial charge in [-0.3, -0.25) is 9.52 Å². The van der Waals surface area contributed by atoms with Gasteiger partial charge in [0.1, 0.15) is 5.75 Å². The number of carbonyl (C=O) groups is 1. The van der Waals surface area contributed by atoms with E-state index in [-0.39, 0.29) is 10.8 Å². The Morgan fingerprint density at radius 2 is 1.44 bits per heavy atom. The van der Waals surface area contributed by atoms with E-state index in [1.165, 1.54) is 17.7 Å². The summed E-state index contributed by atoms with van der Waals surface area (Å²) >= 11 is 1.59. The molecule has 0 heterocycles. The largest absolute Gasteiger partial charge is 0.494 e. The van der Waals surface area contributed by atoms with E-state index in [0.717, 1.165) is 10.6 Å². The van der Waals surface area contributed by atoms with E-state index >= 15 is 0 Å². The Kier molecular flexibility index (Phi) is 8.30. The SMILES string of the molecule is CCOc1ccc(NS(=O)(=O)c2ccc(NC(=O)c3ccccc3SCc3ccccc3)cc2)cc1. The molecule has 0 saturated carbocycles. The number of carbonyl (C=O) groups excluding carboxylic acids is 1. The summed E-state index contributed by atoms with van der Waals surface area (Å²) < 4.78 is 33.5. The van der Waals surface area contributed by atoms with Crippen molar-refractivity contribution in [3.8, 4) is 5.75 Å². The second-order valence-electron chi connectivity index (χ2n) is 7.81. The Bertz CT molecular complexity index is 1410. The summed E-state index contributed by atoms with van der Waals surface area (Å²) in [5.41, 5.74) is 2.67. The zero-order valence-corrected chi connectivity index (χ0v) is 21.3. The second-order valence-corrected chi connectivity index (χ2v) is 10.5. The summed E-state index contributed by atoms with van der Waals surface area (Å²) in [6, 6.07) is 30.3. The molecule has 0 aromatic heterocycles. The molecule has 4 rings (SSSR count). The lowest BCUT2D eigenvalue weighted by molar-refractivity contribution is 0.102. The van der Waals surface area contributed by atoms with Gasteiger partial charge >= 0.3 is 0 Å². The summed E-state index contributed by atoms with van der Waals surface area (Å²) in [4.78, 5) is 13.9. The quantitative estimate of drug-likeness (QED) is 0.236. The fourth-order valence-corrected chi connectivity index (χ4v) is 5.50. The van der Waals surface area contributed by atoms with Crippen LogP contribution in [0.5, 0.6) is 5.75 Å². The third-order valence-electron chi connectivity index (χ3n) is 5.21. The Hall–Kier alpha value is -3.75. The van der Waals surface area contributed by atoms with Gasteiger partial charge in [0.25, 0.3) is 15.9 Å². The first kappa shape index (κ1) is 25.3. The van der Waals surface area contributed by atoms with Crippen LogP contribution in [0.3, 0.4) is 0 Å². The first-order valence-corrected chi connectivity index (χ1v) is 13.8. The number of hydrogen-bond acceptors (Lipinski definition) is 5. The maximum Gasteiger partial charge on any atom is 0.261 e. The van der Waals surface area contributed by atoms with Crippen molar-refractivity contribution in [2.75, 3.05) is 16.6 Å². The zero-order valence-electron chi connectivity index (χ0n) is 19.7. The van der Waals surface area contributed by atoms with Gasteiger partial charge in [-0.05, 0) is 73.2 Å². The lowest BCUT2D eigenvalue weighted by atomic mass is 10.2.